The predicted octanol–water partition coefficient (Wildman–Crippen LogP) is 3.24. The number of amides is 1. The molecule has 1 fully saturated rings. The molecule has 28 heavy (non-hydrogen) atoms. The maximum absolute atomic E-state index is 13.4. The monoisotopic (exact) mass is 398 g/mol. The van der Waals surface area contributed by atoms with E-state index in [1.54, 1.807) is 6.20 Å². The van der Waals surface area contributed by atoms with Crippen molar-refractivity contribution in [2.75, 3.05) is 26.7 Å². The molecule has 2 aromatic carbocycles. The lowest BCUT2D eigenvalue weighted by atomic mass is 9.86. The summed E-state index contributed by atoms with van der Waals surface area (Å²) in [5, 5.41) is 10.3. The van der Waals surface area contributed by atoms with Crippen molar-refractivity contribution in [1.29, 1.82) is 0 Å². The molecule has 0 saturated carbocycles. The van der Waals surface area contributed by atoms with Gasteiger partial charge < -0.3 is 10.2 Å². The number of nitrogens with zero attached hydrogens (tertiary/aromatic N) is 3. The Morgan fingerprint density at radius 3 is 2.64 bits per heavy atom. The van der Waals surface area contributed by atoms with E-state index in [-0.39, 0.29) is 18.3 Å². The number of benzene rings is 2. The topological polar surface area (TPSA) is 50.2 Å². The number of nitrogens with one attached hydrogen (secondary N) is 1. The lowest BCUT2D eigenvalue weighted by Gasteiger charge is -2.39. The maximum Gasteiger partial charge on any atom is 0.250 e. The SMILES string of the molecule is CN(CCc1cccc2ccccc12)C(=O)C1(n2cccn2)CCNCC1.Cl. The van der Waals surface area contributed by atoms with E-state index in [1.165, 1.54) is 16.3 Å². The number of carbonyl (C=O) groups excluding carboxylic acids is 1. The van der Waals surface area contributed by atoms with Crippen molar-refractivity contribution in [3.8, 4) is 0 Å². The minimum Gasteiger partial charge on any atom is -0.343 e. The van der Waals surface area contributed by atoms with Crippen LogP contribution in [-0.4, -0.2) is 47.3 Å². The van der Waals surface area contributed by atoms with Gasteiger partial charge in [0.2, 0.25) is 5.91 Å². The van der Waals surface area contributed by atoms with Crippen LogP contribution in [0.15, 0.2) is 60.9 Å². The molecule has 0 radical (unpaired) electrons. The van der Waals surface area contributed by atoms with E-state index in [2.05, 4.69) is 52.9 Å². The molecule has 0 unspecified atom stereocenters. The summed E-state index contributed by atoms with van der Waals surface area (Å²) in [5.74, 6) is 0.160. The number of likely N-dealkylation sites (N-methyl/N-ethyl adjacent to an activating group) is 1. The molecule has 1 saturated heterocycles. The highest BCUT2D eigenvalue weighted by Crippen LogP contribution is 2.29. The van der Waals surface area contributed by atoms with E-state index in [4.69, 9.17) is 0 Å². The lowest BCUT2D eigenvalue weighted by molar-refractivity contribution is -0.141. The average Bonchev–Trinajstić information content (AvgIpc) is 3.27. The molecule has 3 aromatic rings. The van der Waals surface area contributed by atoms with Crippen LogP contribution in [0.4, 0.5) is 0 Å². The van der Waals surface area contributed by atoms with Crippen molar-refractivity contribution < 1.29 is 4.79 Å². The van der Waals surface area contributed by atoms with Gasteiger partial charge in [0, 0.05) is 26.0 Å². The first kappa shape index (κ1) is 20.4. The summed E-state index contributed by atoms with van der Waals surface area (Å²) in [6, 6.07) is 16.7. The number of aromatic nitrogens is 2. The van der Waals surface area contributed by atoms with Crippen molar-refractivity contribution in [2.45, 2.75) is 24.8 Å². The molecule has 148 valence electrons. The third-order valence-electron chi connectivity index (χ3n) is 5.71. The molecular formula is C22H27ClN4O. The summed E-state index contributed by atoms with van der Waals surface area (Å²) in [6.07, 6.45) is 6.06. The molecule has 0 bridgehead atoms. The van der Waals surface area contributed by atoms with Gasteiger partial charge in [-0.1, -0.05) is 42.5 Å². The first-order chi connectivity index (χ1) is 13.2. The first-order valence-electron chi connectivity index (χ1n) is 9.64. The molecule has 2 heterocycles. The molecule has 6 heteroatoms. The first-order valence-corrected chi connectivity index (χ1v) is 9.64. The largest absolute Gasteiger partial charge is 0.343 e. The highest BCUT2D eigenvalue weighted by molar-refractivity contribution is 5.86. The van der Waals surface area contributed by atoms with E-state index < -0.39 is 5.54 Å². The van der Waals surface area contributed by atoms with Gasteiger partial charge in [-0.05, 0) is 54.8 Å². The van der Waals surface area contributed by atoms with Crippen LogP contribution in [0.25, 0.3) is 10.8 Å². The van der Waals surface area contributed by atoms with E-state index in [0.717, 1.165) is 32.4 Å². The highest BCUT2D eigenvalue weighted by atomic mass is 35.5. The third-order valence-corrected chi connectivity index (χ3v) is 5.71. The normalized spacial score (nSPS) is 15.8. The van der Waals surface area contributed by atoms with Gasteiger partial charge in [-0.25, -0.2) is 0 Å². The summed E-state index contributed by atoms with van der Waals surface area (Å²) >= 11 is 0. The molecule has 4 rings (SSSR count). The second-order valence-electron chi connectivity index (χ2n) is 7.35. The van der Waals surface area contributed by atoms with Crippen LogP contribution >= 0.6 is 12.4 Å². The number of rotatable bonds is 5. The van der Waals surface area contributed by atoms with Crippen LogP contribution in [0.1, 0.15) is 18.4 Å². The minimum atomic E-state index is -0.567. The maximum atomic E-state index is 13.4. The molecule has 0 aliphatic carbocycles. The number of piperidine rings is 1. The Hall–Kier alpha value is -2.37. The summed E-state index contributed by atoms with van der Waals surface area (Å²) in [5.41, 5.74) is 0.716. The summed E-state index contributed by atoms with van der Waals surface area (Å²) in [6.45, 7) is 2.37. The fourth-order valence-electron chi connectivity index (χ4n) is 4.16. The van der Waals surface area contributed by atoms with Gasteiger partial charge in [0.05, 0.1) is 0 Å². The van der Waals surface area contributed by atoms with E-state index in [0.29, 0.717) is 6.54 Å². The molecule has 0 atom stereocenters. The Balaban J connectivity index is 0.00000225. The van der Waals surface area contributed by atoms with Crippen LogP contribution in [-0.2, 0) is 16.8 Å². The zero-order valence-corrected chi connectivity index (χ0v) is 17.0. The molecule has 1 aliphatic rings. The molecule has 1 aromatic heterocycles. The Bertz CT molecular complexity index is 914. The van der Waals surface area contributed by atoms with Crippen molar-refractivity contribution in [3.05, 3.63) is 66.5 Å². The quantitative estimate of drug-likeness (QED) is 0.717. The van der Waals surface area contributed by atoms with E-state index >= 15 is 0 Å². The van der Waals surface area contributed by atoms with Crippen molar-refractivity contribution in [1.82, 2.24) is 20.0 Å². The fraction of sp³-hybridized carbons (Fsp3) is 0.364. The Kier molecular flexibility index (Phi) is 6.37. The molecular weight excluding hydrogens is 372 g/mol. The summed E-state index contributed by atoms with van der Waals surface area (Å²) < 4.78 is 1.87. The van der Waals surface area contributed by atoms with Crippen LogP contribution in [0.3, 0.4) is 0 Å². The van der Waals surface area contributed by atoms with Gasteiger partial charge >= 0.3 is 0 Å². The molecule has 1 amide bonds. The average molecular weight is 399 g/mol. The summed E-state index contributed by atoms with van der Waals surface area (Å²) in [4.78, 5) is 15.3. The van der Waals surface area contributed by atoms with Crippen molar-refractivity contribution >= 4 is 29.1 Å². The Morgan fingerprint density at radius 2 is 1.89 bits per heavy atom. The zero-order chi connectivity index (χ0) is 18.7. The minimum absolute atomic E-state index is 0. The zero-order valence-electron chi connectivity index (χ0n) is 16.2. The van der Waals surface area contributed by atoms with E-state index in [9.17, 15) is 4.79 Å². The summed E-state index contributed by atoms with van der Waals surface area (Å²) in [7, 11) is 1.92. The molecule has 0 spiro atoms. The number of halogens is 1. The van der Waals surface area contributed by atoms with Gasteiger partial charge in [0.15, 0.2) is 0 Å². The van der Waals surface area contributed by atoms with Gasteiger partial charge in [0.25, 0.3) is 0 Å². The van der Waals surface area contributed by atoms with Crippen molar-refractivity contribution in [2.24, 2.45) is 0 Å². The third kappa shape index (κ3) is 3.77. The van der Waals surface area contributed by atoms with E-state index in [1.807, 2.05) is 28.9 Å². The van der Waals surface area contributed by atoms with Gasteiger partial charge in [-0.15, -0.1) is 12.4 Å². The fourth-order valence-corrected chi connectivity index (χ4v) is 4.16. The number of hydrogen-bond donors (Lipinski definition) is 1. The predicted molar refractivity (Wildman–Crippen MR) is 115 cm³/mol. The molecule has 5 nitrogen and oxygen atoms in total. The second kappa shape index (κ2) is 8.76. The lowest BCUT2D eigenvalue weighted by Crippen LogP contribution is -2.55. The second-order valence-corrected chi connectivity index (χ2v) is 7.35. The van der Waals surface area contributed by atoms with Crippen molar-refractivity contribution in [3.63, 3.8) is 0 Å². The van der Waals surface area contributed by atoms with Crippen LogP contribution < -0.4 is 5.32 Å². The van der Waals surface area contributed by atoms with Gasteiger partial charge in [0.1, 0.15) is 5.54 Å². The number of carbonyl (C=O) groups is 1. The molecule has 1 N–H and O–H groups in total. The van der Waals surface area contributed by atoms with Crippen LogP contribution in [0.2, 0.25) is 0 Å². The van der Waals surface area contributed by atoms with Gasteiger partial charge in [-0.2, -0.15) is 5.10 Å². The standard InChI is InChI=1S/C22H26N4O.ClH/c1-25(17-10-19-8-4-7-18-6-2-3-9-20(18)19)21(27)22(11-14-23-15-12-22)26-16-5-13-24-26;/h2-9,13,16,23H,10-12,14-15,17H2,1H3;1H. The Morgan fingerprint density at radius 1 is 1.14 bits per heavy atom. The number of hydrogen-bond acceptors (Lipinski definition) is 3. The van der Waals surface area contributed by atoms with Gasteiger partial charge in [-0.3, -0.25) is 9.48 Å². The highest BCUT2D eigenvalue weighted by Gasteiger charge is 2.43. The number of fused-ring (bicyclic) bond motifs is 1. The molecule has 1 aliphatic heterocycles. The van der Waals surface area contributed by atoms with Crippen LogP contribution in [0, 0.1) is 0 Å². The smallest absolute Gasteiger partial charge is 0.250 e. The van der Waals surface area contributed by atoms with Crippen LogP contribution in [0.5, 0.6) is 0 Å². The Labute approximate surface area is 172 Å².